The average Bonchev–Trinajstić information content (AvgIpc) is 2.39. The number of likely N-dealkylation sites (tertiary alicyclic amines) is 1. The van der Waals surface area contributed by atoms with E-state index in [2.05, 4.69) is 34.7 Å². The summed E-state index contributed by atoms with van der Waals surface area (Å²) in [5.41, 5.74) is 0.581. The van der Waals surface area contributed by atoms with Gasteiger partial charge in [-0.15, -0.1) is 0 Å². The molecule has 1 heterocycles. The van der Waals surface area contributed by atoms with Gasteiger partial charge >= 0.3 is 0 Å². The van der Waals surface area contributed by atoms with E-state index < -0.39 is 5.60 Å². The molecular weight excluding hydrogens is 318 g/mol. The van der Waals surface area contributed by atoms with E-state index in [0.717, 1.165) is 41.7 Å². The number of rotatable bonds is 4. The van der Waals surface area contributed by atoms with E-state index >= 15 is 0 Å². The van der Waals surface area contributed by atoms with Gasteiger partial charge in [-0.3, -0.25) is 0 Å². The van der Waals surface area contributed by atoms with Gasteiger partial charge in [0.2, 0.25) is 0 Å². The molecule has 1 N–H and O–H groups in total. The van der Waals surface area contributed by atoms with Crippen molar-refractivity contribution in [2.45, 2.75) is 44.8 Å². The Labute approximate surface area is 130 Å². The van der Waals surface area contributed by atoms with Crippen LogP contribution in [0, 0.1) is 0 Å². The molecule has 1 fully saturated rings. The van der Waals surface area contributed by atoms with Crippen LogP contribution in [-0.4, -0.2) is 41.8 Å². The van der Waals surface area contributed by atoms with E-state index in [1.54, 1.807) is 7.11 Å². The lowest BCUT2D eigenvalue weighted by atomic mass is 9.85. The number of hydrogen-bond acceptors (Lipinski definition) is 3. The Morgan fingerprint density at radius 1 is 1.35 bits per heavy atom. The summed E-state index contributed by atoms with van der Waals surface area (Å²) in [6.45, 7) is 6.38. The summed E-state index contributed by atoms with van der Waals surface area (Å²) in [5.74, 6) is 0.829. The van der Waals surface area contributed by atoms with Crippen LogP contribution in [0.1, 0.15) is 32.3 Å². The minimum Gasteiger partial charge on any atom is -0.496 e. The first-order valence-electron chi connectivity index (χ1n) is 7.22. The molecule has 0 aromatic heterocycles. The lowest BCUT2D eigenvalue weighted by Gasteiger charge is -2.40. The third kappa shape index (κ3) is 3.74. The molecule has 0 spiro atoms. The fourth-order valence-corrected chi connectivity index (χ4v) is 3.42. The monoisotopic (exact) mass is 341 g/mol. The number of methoxy groups -OCH3 is 1. The van der Waals surface area contributed by atoms with Gasteiger partial charge in [-0.05, 0) is 60.3 Å². The first kappa shape index (κ1) is 15.8. The van der Waals surface area contributed by atoms with Crippen LogP contribution >= 0.6 is 15.9 Å². The zero-order valence-corrected chi connectivity index (χ0v) is 14.1. The molecule has 0 saturated carbocycles. The average molecular weight is 342 g/mol. The molecule has 0 bridgehead atoms. The molecule has 0 atom stereocenters. The van der Waals surface area contributed by atoms with Crippen LogP contribution in [0.5, 0.6) is 5.75 Å². The molecule has 112 valence electrons. The maximum atomic E-state index is 10.8. The highest BCUT2D eigenvalue weighted by atomic mass is 79.9. The molecule has 1 saturated heterocycles. The number of benzene rings is 1. The largest absolute Gasteiger partial charge is 0.496 e. The van der Waals surface area contributed by atoms with Gasteiger partial charge in [0, 0.05) is 25.6 Å². The number of ether oxygens (including phenoxy) is 1. The van der Waals surface area contributed by atoms with E-state index in [-0.39, 0.29) is 0 Å². The summed E-state index contributed by atoms with van der Waals surface area (Å²) >= 11 is 3.50. The smallest absolute Gasteiger partial charge is 0.133 e. The molecular formula is C16H24BrNO2. The molecule has 3 nitrogen and oxygen atoms in total. The molecule has 1 aliphatic rings. The quantitative estimate of drug-likeness (QED) is 0.912. The lowest BCUT2D eigenvalue weighted by molar-refractivity contribution is -0.0271. The zero-order chi connectivity index (χ0) is 14.8. The fraction of sp³-hybridized carbons (Fsp3) is 0.625. The van der Waals surface area contributed by atoms with Crippen molar-refractivity contribution in [1.29, 1.82) is 0 Å². The summed E-state index contributed by atoms with van der Waals surface area (Å²) in [5, 5.41) is 10.8. The standard InChI is InChI=1S/C16H24BrNO2/c1-12(2)18-8-6-16(19,7-9-18)11-13-4-5-15(20-3)14(17)10-13/h4-5,10,12,19H,6-9,11H2,1-3H3. The van der Waals surface area contributed by atoms with Crippen LogP contribution in [0.25, 0.3) is 0 Å². The van der Waals surface area contributed by atoms with E-state index in [9.17, 15) is 5.11 Å². The van der Waals surface area contributed by atoms with Gasteiger partial charge in [0.15, 0.2) is 0 Å². The van der Waals surface area contributed by atoms with Crippen LogP contribution < -0.4 is 4.74 Å². The second-order valence-corrected chi connectivity index (χ2v) is 6.85. The molecule has 1 aromatic carbocycles. The van der Waals surface area contributed by atoms with Gasteiger partial charge in [-0.25, -0.2) is 0 Å². The number of nitrogens with zero attached hydrogens (tertiary/aromatic N) is 1. The van der Waals surface area contributed by atoms with Gasteiger partial charge in [0.05, 0.1) is 17.2 Å². The van der Waals surface area contributed by atoms with Crippen molar-refractivity contribution in [3.63, 3.8) is 0 Å². The van der Waals surface area contributed by atoms with Gasteiger partial charge < -0.3 is 14.7 Å². The van der Waals surface area contributed by atoms with Crippen molar-refractivity contribution in [3.05, 3.63) is 28.2 Å². The molecule has 1 aliphatic heterocycles. The van der Waals surface area contributed by atoms with E-state index in [4.69, 9.17) is 4.74 Å². The Morgan fingerprint density at radius 2 is 2.00 bits per heavy atom. The minimum absolute atomic E-state index is 0.565. The molecule has 0 aliphatic carbocycles. The number of aliphatic hydroxyl groups is 1. The summed E-state index contributed by atoms with van der Waals surface area (Å²) in [6, 6.07) is 6.60. The van der Waals surface area contributed by atoms with Crippen LogP contribution in [0.3, 0.4) is 0 Å². The molecule has 0 radical (unpaired) electrons. The highest BCUT2D eigenvalue weighted by Gasteiger charge is 2.33. The summed E-state index contributed by atoms with van der Waals surface area (Å²) in [6.07, 6.45) is 2.39. The van der Waals surface area contributed by atoms with E-state index in [1.165, 1.54) is 0 Å². The Hall–Kier alpha value is -0.580. The maximum Gasteiger partial charge on any atom is 0.133 e. The lowest BCUT2D eigenvalue weighted by Crippen LogP contribution is -2.47. The first-order valence-corrected chi connectivity index (χ1v) is 8.02. The first-order chi connectivity index (χ1) is 9.43. The topological polar surface area (TPSA) is 32.7 Å². The fourth-order valence-electron chi connectivity index (χ4n) is 2.83. The molecule has 2 rings (SSSR count). The second kappa shape index (κ2) is 6.46. The SMILES string of the molecule is COc1ccc(CC2(O)CCN(C(C)C)CC2)cc1Br. The van der Waals surface area contributed by atoms with Gasteiger partial charge in [-0.2, -0.15) is 0 Å². The van der Waals surface area contributed by atoms with E-state index in [0.29, 0.717) is 12.5 Å². The minimum atomic E-state index is -0.570. The maximum absolute atomic E-state index is 10.8. The molecule has 0 unspecified atom stereocenters. The predicted octanol–water partition coefficient (Wildman–Crippen LogP) is 3.24. The Bertz CT molecular complexity index is 454. The number of halogens is 1. The Kier molecular flexibility index (Phi) is 5.10. The van der Waals surface area contributed by atoms with Gasteiger partial charge in [-0.1, -0.05) is 6.07 Å². The molecule has 20 heavy (non-hydrogen) atoms. The molecule has 1 aromatic rings. The van der Waals surface area contributed by atoms with Crippen LogP contribution in [0.4, 0.5) is 0 Å². The van der Waals surface area contributed by atoms with Crippen molar-refractivity contribution in [2.75, 3.05) is 20.2 Å². The zero-order valence-electron chi connectivity index (χ0n) is 12.5. The summed E-state index contributed by atoms with van der Waals surface area (Å²) < 4.78 is 6.18. The van der Waals surface area contributed by atoms with Crippen molar-refractivity contribution in [3.8, 4) is 5.75 Å². The van der Waals surface area contributed by atoms with Crippen LogP contribution in [0.2, 0.25) is 0 Å². The summed E-state index contributed by atoms with van der Waals surface area (Å²) in [4.78, 5) is 2.43. The van der Waals surface area contributed by atoms with Crippen molar-refractivity contribution < 1.29 is 9.84 Å². The van der Waals surface area contributed by atoms with Crippen molar-refractivity contribution in [1.82, 2.24) is 4.90 Å². The third-order valence-corrected chi connectivity index (χ3v) is 4.83. The van der Waals surface area contributed by atoms with Crippen LogP contribution in [0.15, 0.2) is 22.7 Å². The normalized spacial score (nSPS) is 19.3. The summed E-state index contributed by atoms with van der Waals surface area (Å²) in [7, 11) is 1.66. The Morgan fingerprint density at radius 3 is 2.50 bits per heavy atom. The molecule has 4 heteroatoms. The number of hydrogen-bond donors (Lipinski definition) is 1. The van der Waals surface area contributed by atoms with Crippen LogP contribution in [-0.2, 0) is 6.42 Å². The van der Waals surface area contributed by atoms with Crippen molar-refractivity contribution >= 4 is 15.9 Å². The van der Waals surface area contributed by atoms with Crippen molar-refractivity contribution in [2.24, 2.45) is 0 Å². The number of piperidine rings is 1. The highest BCUT2D eigenvalue weighted by Crippen LogP contribution is 2.31. The third-order valence-electron chi connectivity index (χ3n) is 4.21. The Balaban J connectivity index is 2.01. The van der Waals surface area contributed by atoms with E-state index in [1.807, 2.05) is 18.2 Å². The second-order valence-electron chi connectivity index (χ2n) is 6.00. The molecule has 0 amide bonds. The van der Waals surface area contributed by atoms with Gasteiger partial charge in [0.1, 0.15) is 5.75 Å². The van der Waals surface area contributed by atoms with Gasteiger partial charge in [0.25, 0.3) is 0 Å². The predicted molar refractivity (Wildman–Crippen MR) is 85.3 cm³/mol. The highest BCUT2D eigenvalue weighted by molar-refractivity contribution is 9.10.